The molecule has 12 heteroatoms. The molecule has 1 amide bonds. The molecule has 7 nitrogen and oxygen atoms in total. The van der Waals surface area contributed by atoms with Gasteiger partial charge in [-0.1, -0.05) is 6.92 Å². The van der Waals surface area contributed by atoms with Gasteiger partial charge in [0.2, 0.25) is 5.91 Å². The Morgan fingerprint density at radius 2 is 1.74 bits per heavy atom. The van der Waals surface area contributed by atoms with Crippen LogP contribution in [0.25, 0.3) is 0 Å². The van der Waals surface area contributed by atoms with Crippen LogP contribution in [0.5, 0.6) is 5.75 Å². The Balaban J connectivity index is 2.18. The normalized spacial score (nSPS) is 13.4. The summed E-state index contributed by atoms with van der Waals surface area (Å²) in [6.45, 7) is 1.89. The highest BCUT2D eigenvalue weighted by atomic mass is 32.1. The molecule has 0 radical (unpaired) electrons. The van der Waals surface area contributed by atoms with Gasteiger partial charge in [0, 0.05) is 10.4 Å². The number of aliphatic carboxylic acids is 1. The molecule has 2 rings (SSSR count). The van der Waals surface area contributed by atoms with Crippen LogP contribution >= 0.6 is 11.3 Å². The lowest BCUT2D eigenvalue weighted by atomic mass is 10.0. The molecule has 0 aliphatic rings. The highest BCUT2D eigenvalue weighted by molar-refractivity contribution is 7.16. The highest BCUT2D eigenvalue weighted by Crippen LogP contribution is 2.31. The summed E-state index contributed by atoms with van der Waals surface area (Å²) in [6.07, 6.45) is -4.32. The number of rotatable bonds is 9. The first-order valence-corrected chi connectivity index (χ1v) is 9.64. The molecule has 1 aromatic carbocycles. The maximum Gasteiger partial charge on any atom is 0.573 e. The van der Waals surface area contributed by atoms with E-state index in [1.165, 1.54) is 6.07 Å². The molecule has 1 atom stereocenters. The summed E-state index contributed by atoms with van der Waals surface area (Å²) in [6, 6.07) is 5.82. The fraction of sp³-hybridized carbons (Fsp3) is 0.316. The maximum atomic E-state index is 13.7. The third-order valence-electron chi connectivity index (χ3n) is 3.96. The third-order valence-corrected chi connectivity index (χ3v) is 5.16. The smallest absolute Gasteiger partial charge is 0.478 e. The SMILES string of the molecule is CCc1cc(C(=O)c2ccc(OC(F)(F)F)cc2)c(NC(=O)CN[C@@](C)(F)C(=O)O)s1. The summed E-state index contributed by atoms with van der Waals surface area (Å²) in [5.41, 5.74) is 0.159. The predicted molar refractivity (Wildman–Crippen MR) is 104 cm³/mol. The van der Waals surface area contributed by atoms with Crippen molar-refractivity contribution in [2.75, 3.05) is 11.9 Å². The Morgan fingerprint density at radius 3 is 2.26 bits per heavy atom. The molecule has 0 spiro atoms. The van der Waals surface area contributed by atoms with Crippen molar-refractivity contribution in [1.82, 2.24) is 5.32 Å². The second-order valence-corrected chi connectivity index (χ2v) is 7.56. The number of halogens is 4. The van der Waals surface area contributed by atoms with Gasteiger partial charge in [-0.3, -0.25) is 14.9 Å². The Labute approximate surface area is 178 Å². The van der Waals surface area contributed by atoms with Gasteiger partial charge in [-0.05, 0) is 43.7 Å². The summed E-state index contributed by atoms with van der Waals surface area (Å²) in [7, 11) is 0. The van der Waals surface area contributed by atoms with Gasteiger partial charge in [-0.25, -0.2) is 9.18 Å². The van der Waals surface area contributed by atoms with Crippen molar-refractivity contribution in [3.8, 4) is 5.75 Å². The van der Waals surface area contributed by atoms with E-state index in [1.807, 2.05) is 12.2 Å². The molecular weight excluding hydrogens is 444 g/mol. The standard InChI is InChI=1S/C19H18F4N2O5S/c1-3-12-8-13(15(27)10-4-6-11(7-5-10)30-19(21,22)23)16(31-12)25-14(26)9-24-18(2,20)17(28)29/h4-8,24H,3,9H2,1-2H3,(H,25,26)(H,28,29)/t18-/m1/s1. The van der Waals surface area contributed by atoms with Crippen molar-refractivity contribution in [2.24, 2.45) is 0 Å². The van der Waals surface area contributed by atoms with Crippen molar-refractivity contribution in [1.29, 1.82) is 0 Å². The Kier molecular flexibility index (Phi) is 7.39. The molecule has 0 aliphatic heterocycles. The van der Waals surface area contributed by atoms with Gasteiger partial charge in [0.05, 0.1) is 12.1 Å². The summed E-state index contributed by atoms with van der Waals surface area (Å²) >= 11 is 1.10. The number of thiophene rings is 1. The van der Waals surface area contributed by atoms with Crippen LogP contribution in [0.3, 0.4) is 0 Å². The first-order chi connectivity index (χ1) is 14.3. The topological polar surface area (TPSA) is 105 Å². The summed E-state index contributed by atoms with van der Waals surface area (Å²) < 4.78 is 54.3. The molecular formula is C19H18F4N2O5S. The van der Waals surface area contributed by atoms with Crippen LogP contribution in [0.4, 0.5) is 22.6 Å². The van der Waals surface area contributed by atoms with Crippen molar-refractivity contribution in [2.45, 2.75) is 32.4 Å². The molecule has 31 heavy (non-hydrogen) atoms. The molecule has 1 aromatic heterocycles. The van der Waals surface area contributed by atoms with Gasteiger partial charge in [-0.15, -0.1) is 24.5 Å². The molecule has 0 unspecified atom stereocenters. The Bertz CT molecular complexity index is 971. The summed E-state index contributed by atoms with van der Waals surface area (Å²) in [5.74, 6) is -6.44. The van der Waals surface area contributed by atoms with Crippen LogP contribution in [0.1, 0.15) is 34.6 Å². The molecule has 0 fully saturated rings. The number of anilines is 1. The molecule has 1 heterocycles. The number of hydrogen-bond acceptors (Lipinski definition) is 6. The summed E-state index contributed by atoms with van der Waals surface area (Å²) in [5, 5.41) is 13.2. The van der Waals surface area contributed by atoms with Crippen molar-refractivity contribution in [3.63, 3.8) is 0 Å². The minimum Gasteiger partial charge on any atom is -0.478 e. The number of ether oxygens (including phenoxy) is 1. The van der Waals surface area contributed by atoms with Crippen LogP contribution in [0.2, 0.25) is 0 Å². The number of carbonyl (C=O) groups excluding carboxylic acids is 2. The lowest BCUT2D eigenvalue weighted by molar-refractivity contribution is -0.274. The lowest BCUT2D eigenvalue weighted by Crippen LogP contribution is -2.48. The van der Waals surface area contributed by atoms with E-state index in [9.17, 15) is 31.9 Å². The number of amides is 1. The van der Waals surface area contributed by atoms with Crippen LogP contribution < -0.4 is 15.4 Å². The maximum absolute atomic E-state index is 13.7. The number of carboxylic acid groups (broad SMARTS) is 1. The van der Waals surface area contributed by atoms with E-state index in [2.05, 4.69) is 10.1 Å². The summed E-state index contributed by atoms with van der Waals surface area (Å²) in [4.78, 5) is 36.4. The minimum atomic E-state index is -4.86. The van der Waals surface area contributed by atoms with Crippen LogP contribution in [0, 0.1) is 0 Å². The quantitative estimate of drug-likeness (QED) is 0.298. The number of benzene rings is 1. The second kappa shape index (κ2) is 9.43. The molecule has 2 aromatic rings. The van der Waals surface area contributed by atoms with E-state index >= 15 is 0 Å². The molecule has 0 bridgehead atoms. The van der Waals surface area contributed by atoms with E-state index < -0.39 is 42.1 Å². The Hall–Kier alpha value is -2.99. The van der Waals surface area contributed by atoms with Crippen LogP contribution in [0.15, 0.2) is 30.3 Å². The molecule has 0 saturated carbocycles. The first-order valence-electron chi connectivity index (χ1n) is 8.82. The lowest BCUT2D eigenvalue weighted by Gasteiger charge is -2.16. The number of alkyl halides is 4. The number of aryl methyl sites for hydroxylation is 1. The van der Waals surface area contributed by atoms with Crippen LogP contribution in [-0.2, 0) is 16.0 Å². The zero-order chi connectivity index (χ0) is 23.4. The number of nitrogens with one attached hydrogen (secondary N) is 2. The highest BCUT2D eigenvalue weighted by Gasteiger charge is 2.33. The monoisotopic (exact) mass is 462 g/mol. The van der Waals surface area contributed by atoms with Gasteiger partial charge in [-0.2, -0.15) is 0 Å². The van der Waals surface area contributed by atoms with Crippen molar-refractivity contribution < 1.29 is 41.8 Å². The van der Waals surface area contributed by atoms with Gasteiger partial charge in [0.1, 0.15) is 10.8 Å². The molecule has 0 aliphatic carbocycles. The van der Waals surface area contributed by atoms with E-state index in [0.717, 1.165) is 47.4 Å². The van der Waals surface area contributed by atoms with Crippen molar-refractivity contribution in [3.05, 3.63) is 46.3 Å². The van der Waals surface area contributed by atoms with E-state index in [1.54, 1.807) is 0 Å². The predicted octanol–water partition coefficient (Wildman–Crippen LogP) is 3.74. The van der Waals surface area contributed by atoms with E-state index in [4.69, 9.17) is 5.11 Å². The fourth-order valence-electron chi connectivity index (χ4n) is 2.33. The van der Waals surface area contributed by atoms with Crippen molar-refractivity contribution >= 4 is 34.0 Å². The van der Waals surface area contributed by atoms with Gasteiger partial charge < -0.3 is 15.2 Å². The van der Waals surface area contributed by atoms with Crippen LogP contribution in [-0.4, -0.2) is 41.5 Å². The molecule has 0 saturated heterocycles. The largest absolute Gasteiger partial charge is 0.573 e. The van der Waals surface area contributed by atoms with E-state index in [0.29, 0.717) is 6.42 Å². The van der Waals surface area contributed by atoms with Gasteiger partial charge in [0.15, 0.2) is 5.78 Å². The first kappa shape index (κ1) is 24.3. The average molecular weight is 462 g/mol. The number of ketones is 1. The van der Waals surface area contributed by atoms with Gasteiger partial charge >= 0.3 is 12.3 Å². The third kappa shape index (κ3) is 6.76. The molecule has 168 valence electrons. The minimum absolute atomic E-state index is 0.0609. The fourth-order valence-corrected chi connectivity index (χ4v) is 3.34. The number of hydrogen-bond donors (Lipinski definition) is 3. The van der Waals surface area contributed by atoms with Gasteiger partial charge in [0.25, 0.3) is 5.79 Å². The second-order valence-electron chi connectivity index (χ2n) is 6.42. The molecule has 3 N–H and O–H groups in total. The average Bonchev–Trinajstić information content (AvgIpc) is 3.08. The number of carbonyl (C=O) groups is 3. The Morgan fingerprint density at radius 1 is 1.13 bits per heavy atom. The zero-order valence-corrected chi connectivity index (χ0v) is 17.1. The number of carboxylic acids is 1. The zero-order valence-electron chi connectivity index (χ0n) is 16.3. The van der Waals surface area contributed by atoms with E-state index in [-0.39, 0.29) is 16.1 Å².